The van der Waals surface area contributed by atoms with E-state index < -0.39 is 0 Å². The minimum atomic E-state index is 0.652. The quantitative estimate of drug-likeness (QED) is 0.424. The SMILES string of the molecule is C=CCOCCNCCCN(C)C. The van der Waals surface area contributed by atoms with Crippen LogP contribution in [0.3, 0.4) is 0 Å². The second-order valence-electron chi connectivity index (χ2n) is 3.27. The minimum absolute atomic E-state index is 0.652. The first-order valence-corrected chi connectivity index (χ1v) is 4.81. The van der Waals surface area contributed by atoms with E-state index in [0.717, 1.165) is 26.2 Å². The third kappa shape index (κ3) is 11.6. The Morgan fingerprint density at radius 2 is 2.15 bits per heavy atom. The molecule has 13 heavy (non-hydrogen) atoms. The van der Waals surface area contributed by atoms with E-state index >= 15 is 0 Å². The number of hydrogen-bond donors (Lipinski definition) is 1. The van der Waals surface area contributed by atoms with Gasteiger partial charge in [-0.15, -0.1) is 6.58 Å². The van der Waals surface area contributed by atoms with Gasteiger partial charge in [-0.3, -0.25) is 0 Å². The molecular weight excluding hydrogens is 164 g/mol. The lowest BCUT2D eigenvalue weighted by atomic mass is 10.4. The summed E-state index contributed by atoms with van der Waals surface area (Å²) in [6.45, 7) is 8.14. The lowest BCUT2D eigenvalue weighted by Crippen LogP contribution is -2.24. The van der Waals surface area contributed by atoms with Crippen molar-refractivity contribution in [2.45, 2.75) is 6.42 Å². The van der Waals surface area contributed by atoms with E-state index in [1.54, 1.807) is 6.08 Å². The molecule has 0 aliphatic heterocycles. The Balaban J connectivity index is 2.87. The van der Waals surface area contributed by atoms with Gasteiger partial charge in [0.2, 0.25) is 0 Å². The summed E-state index contributed by atoms with van der Waals surface area (Å²) in [6.07, 6.45) is 2.96. The van der Waals surface area contributed by atoms with E-state index in [1.807, 2.05) is 0 Å². The number of nitrogens with zero attached hydrogens (tertiary/aromatic N) is 1. The molecule has 0 saturated carbocycles. The maximum atomic E-state index is 5.22. The van der Waals surface area contributed by atoms with Crippen LogP contribution < -0.4 is 5.32 Å². The zero-order chi connectivity index (χ0) is 9.94. The Morgan fingerprint density at radius 3 is 2.77 bits per heavy atom. The molecule has 1 N–H and O–H groups in total. The van der Waals surface area contributed by atoms with Crippen molar-refractivity contribution in [3.05, 3.63) is 12.7 Å². The van der Waals surface area contributed by atoms with E-state index in [9.17, 15) is 0 Å². The summed E-state index contributed by atoms with van der Waals surface area (Å²) in [6, 6.07) is 0. The van der Waals surface area contributed by atoms with Crippen LogP contribution >= 0.6 is 0 Å². The highest BCUT2D eigenvalue weighted by Crippen LogP contribution is 1.80. The van der Waals surface area contributed by atoms with Gasteiger partial charge in [0, 0.05) is 6.54 Å². The second kappa shape index (κ2) is 9.71. The number of nitrogens with one attached hydrogen (secondary N) is 1. The van der Waals surface area contributed by atoms with E-state index in [1.165, 1.54) is 6.42 Å². The number of ether oxygens (including phenoxy) is 1. The molecule has 0 atom stereocenters. The van der Waals surface area contributed by atoms with Crippen LogP contribution in [0.2, 0.25) is 0 Å². The van der Waals surface area contributed by atoms with Crippen LogP contribution in [0.4, 0.5) is 0 Å². The van der Waals surface area contributed by atoms with Crippen molar-refractivity contribution < 1.29 is 4.74 Å². The highest BCUT2D eigenvalue weighted by atomic mass is 16.5. The third-order valence-corrected chi connectivity index (χ3v) is 1.62. The molecule has 0 aromatic heterocycles. The Kier molecular flexibility index (Phi) is 9.42. The van der Waals surface area contributed by atoms with Gasteiger partial charge in [0.25, 0.3) is 0 Å². The molecular formula is C10H22N2O. The van der Waals surface area contributed by atoms with Crippen molar-refractivity contribution >= 4 is 0 Å². The van der Waals surface area contributed by atoms with Crippen molar-refractivity contribution in [1.29, 1.82) is 0 Å². The Labute approximate surface area is 81.8 Å². The largest absolute Gasteiger partial charge is 0.376 e. The number of rotatable bonds is 9. The number of hydrogen-bond acceptors (Lipinski definition) is 3. The highest BCUT2D eigenvalue weighted by molar-refractivity contribution is 4.63. The molecule has 0 rings (SSSR count). The third-order valence-electron chi connectivity index (χ3n) is 1.62. The maximum Gasteiger partial charge on any atom is 0.0645 e. The maximum absolute atomic E-state index is 5.22. The van der Waals surface area contributed by atoms with Crippen molar-refractivity contribution in [2.75, 3.05) is 46.9 Å². The Hall–Kier alpha value is -0.380. The van der Waals surface area contributed by atoms with Gasteiger partial charge in [0.1, 0.15) is 0 Å². The minimum Gasteiger partial charge on any atom is -0.376 e. The van der Waals surface area contributed by atoms with E-state index in [0.29, 0.717) is 6.61 Å². The monoisotopic (exact) mass is 186 g/mol. The fourth-order valence-electron chi connectivity index (χ4n) is 0.956. The van der Waals surface area contributed by atoms with Crippen LogP contribution in [0, 0.1) is 0 Å². The highest BCUT2D eigenvalue weighted by Gasteiger charge is 1.90. The fourth-order valence-corrected chi connectivity index (χ4v) is 0.956. The summed E-state index contributed by atoms with van der Waals surface area (Å²) in [4.78, 5) is 2.19. The molecule has 0 aromatic rings. The van der Waals surface area contributed by atoms with Gasteiger partial charge in [0.15, 0.2) is 0 Å². The molecule has 3 nitrogen and oxygen atoms in total. The summed E-state index contributed by atoms with van der Waals surface area (Å²) in [5.41, 5.74) is 0. The van der Waals surface area contributed by atoms with Crippen LogP contribution in [0.1, 0.15) is 6.42 Å². The standard InChI is InChI=1S/C10H22N2O/c1-4-9-13-10-7-11-6-5-8-12(2)3/h4,11H,1,5-10H2,2-3H3. The average Bonchev–Trinajstić information content (AvgIpc) is 2.09. The zero-order valence-corrected chi connectivity index (χ0v) is 8.88. The molecule has 0 saturated heterocycles. The van der Waals surface area contributed by atoms with Crippen molar-refractivity contribution in [3.63, 3.8) is 0 Å². The zero-order valence-electron chi connectivity index (χ0n) is 8.88. The van der Waals surface area contributed by atoms with Gasteiger partial charge in [0.05, 0.1) is 13.2 Å². The van der Waals surface area contributed by atoms with Crippen LogP contribution in [0.25, 0.3) is 0 Å². The van der Waals surface area contributed by atoms with E-state index in [4.69, 9.17) is 4.74 Å². The molecule has 0 amide bonds. The van der Waals surface area contributed by atoms with E-state index in [2.05, 4.69) is 30.9 Å². The van der Waals surface area contributed by atoms with Crippen LogP contribution in [0.5, 0.6) is 0 Å². The van der Waals surface area contributed by atoms with Crippen molar-refractivity contribution in [3.8, 4) is 0 Å². The molecule has 0 unspecified atom stereocenters. The average molecular weight is 186 g/mol. The van der Waals surface area contributed by atoms with Crippen LogP contribution in [-0.4, -0.2) is 51.8 Å². The molecule has 0 fully saturated rings. The lowest BCUT2D eigenvalue weighted by molar-refractivity contribution is 0.164. The van der Waals surface area contributed by atoms with Gasteiger partial charge in [-0.2, -0.15) is 0 Å². The van der Waals surface area contributed by atoms with Gasteiger partial charge in [-0.1, -0.05) is 6.08 Å². The summed E-state index contributed by atoms with van der Waals surface area (Å²) >= 11 is 0. The van der Waals surface area contributed by atoms with E-state index in [-0.39, 0.29) is 0 Å². The summed E-state index contributed by atoms with van der Waals surface area (Å²) in [7, 11) is 4.18. The summed E-state index contributed by atoms with van der Waals surface area (Å²) < 4.78 is 5.22. The smallest absolute Gasteiger partial charge is 0.0645 e. The fraction of sp³-hybridized carbons (Fsp3) is 0.800. The normalized spacial score (nSPS) is 10.7. The topological polar surface area (TPSA) is 24.5 Å². The van der Waals surface area contributed by atoms with Gasteiger partial charge in [-0.05, 0) is 33.6 Å². The molecule has 0 spiro atoms. The molecule has 3 heteroatoms. The molecule has 0 aliphatic carbocycles. The van der Waals surface area contributed by atoms with Crippen molar-refractivity contribution in [2.24, 2.45) is 0 Å². The molecule has 0 radical (unpaired) electrons. The van der Waals surface area contributed by atoms with Crippen molar-refractivity contribution in [1.82, 2.24) is 10.2 Å². The Bertz CT molecular complexity index is 115. The van der Waals surface area contributed by atoms with Crippen LogP contribution in [0.15, 0.2) is 12.7 Å². The first kappa shape index (κ1) is 12.6. The molecule has 0 aliphatic rings. The first-order valence-electron chi connectivity index (χ1n) is 4.81. The molecule has 0 bridgehead atoms. The predicted octanol–water partition coefficient (Wildman–Crippen LogP) is 0.730. The molecule has 78 valence electrons. The first-order chi connectivity index (χ1) is 6.27. The summed E-state index contributed by atoms with van der Waals surface area (Å²) in [5.74, 6) is 0. The molecule has 0 aromatic carbocycles. The molecule has 0 heterocycles. The second-order valence-corrected chi connectivity index (χ2v) is 3.27. The summed E-state index contributed by atoms with van der Waals surface area (Å²) in [5, 5.41) is 3.31. The lowest BCUT2D eigenvalue weighted by Gasteiger charge is -2.09. The predicted molar refractivity (Wildman–Crippen MR) is 57.1 cm³/mol. The van der Waals surface area contributed by atoms with Crippen LogP contribution in [-0.2, 0) is 4.74 Å². The van der Waals surface area contributed by atoms with Gasteiger partial charge >= 0.3 is 0 Å². The Morgan fingerprint density at radius 1 is 1.38 bits per heavy atom. The van der Waals surface area contributed by atoms with Gasteiger partial charge in [-0.25, -0.2) is 0 Å². The van der Waals surface area contributed by atoms with Gasteiger partial charge < -0.3 is 15.0 Å².